The molecule has 0 saturated carbocycles. The van der Waals surface area contributed by atoms with Crippen molar-refractivity contribution >= 4 is 23.2 Å². The van der Waals surface area contributed by atoms with Crippen molar-refractivity contribution in [3.63, 3.8) is 0 Å². The van der Waals surface area contributed by atoms with Crippen LogP contribution in [0.3, 0.4) is 0 Å². The lowest BCUT2D eigenvalue weighted by atomic mass is 10.1. The average molecular weight is 318 g/mol. The van der Waals surface area contributed by atoms with Crippen molar-refractivity contribution in [2.45, 2.75) is 25.9 Å². The van der Waals surface area contributed by atoms with Gasteiger partial charge in [0.2, 0.25) is 0 Å². The van der Waals surface area contributed by atoms with Crippen LogP contribution in [-0.4, -0.2) is 58.7 Å². The third kappa shape index (κ3) is 4.30. The summed E-state index contributed by atoms with van der Waals surface area (Å²) in [5, 5.41) is 10.2. The largest absolute Gasteiger partial charge is 0.395 e. The Kier molecular flexibility index (Phi) is 6.05. The first-order valence-corrected chi connectivity index (χ1v) is 7.77. The first-order chi connectivity index (χ1) is 9.62. The Morgan fingerprint density at radius 1 is 1.20 bits per heavy atom. The molecule has 1 aliphatic heterocycles. The number of hydrogen-bond acceptors (Lipinski definition) is 4. The molecule has 4 nitrogen and oxygen atoms in total. The SMILES string of the molecule is CCC(CO)N1CCN(Cc2cc(Cl)nc(Cl)c2)CC1. The molecule has 0 amide bonds. The highest BCUT2D eigenvalue weighted by atomic mass is 35.5. The summed E-state index contributed by atoms with van der Waals surface area (Å²) < 4.78 is 0. The predicted octanol–water partition coefficient (Wildman–Crippen LogP) is 2.28. The van der Waals surface area contributed by atoms with Gasteiger partial charge in [0.1, 0.15) is 10.3 Å². The van der Waals surface area contributed by atoms with E-state index < -0.39 is 0 Å². The highest BCUT2D eigenvalue weighted by molar-refractivity contribution is 6.32. The normalized spacial score (nSPS) is 19.2. The van der Waals surface area contributed by atoms with E-state index >= 15 is 0 Å². The van der Waals surface area contributed by atoms with Gasteiger partial charge in [0.25, 0.3) is 0 Å². The summed E-state index contributed by atoms with van der Waals surface area (Å²) in [5.74, 6) is 0. The number of aliphatic hydroxyl groups excluding tert-OH is 1. The van der Waals surface area contributed by atoms with Crippen LogP contribution in [0.1, 0.15) is 18.9 Å². The Bertz CT molecular complexity index is 412. The number of piperazine rings is 1. The maximum atomic E-state index is 9.35. The molecule has 1 fully saturated rings. The number of pyridine rings is 1. The van der Waals surface area contributed by atoms with Crippen LogP contribution < -0.4 is 0 Å². The first-order valence-electron chi connectivity index (χ1n) is 7.01. The molecule has 20 heavy (non-hydrogen) atoms. The van der Waals surface area contributed by atoms with Crippen molar-refractivity contribution in [2.75, 3.05) is 32.8 Å². The molecule has 2 rings (SSSR count). The topological polar surface area (TPSA) is 39.6 Å². The van der Waals surface area contributed by atoms with Crippen molar-refractivity contribution in [3.05, 3.63) is 28.0 Å². The van der Waals surface area contributed by atoms with E-state index in [-0.39, 0.29) is 6.61 Å². The fraction of sp³-hybridized carbons (Fsp3) is 0.643. The number of rotatable bonds is 5. The zero-order valence-corrected chi connectivity index (χ0v) is 13.2. The molecule has 112 valence electrons. The summed E-state index contributed by atoms with van der Waals surface area (Å²) in [6.07, 6.45) is 0.992. The van der Waals surface area contributed by atoms with E-state index in [1.165, 1.54) is 0 Å². The maximum Gasteiger partial charge on any atom is 0.131 e. The number of halogens is 2. The maximum absolute atomic E-state index is 9.35. The van der Waals surface area contributed by atoms with Gasteiger partial charge in [0, 0.05) is 38.8 Å². The third-order valence-electron chi connectivity index (χ3n) is 3.83. The van der Waals surface area contributed by atoms with E-state index in [4.69, 9.17) is 23.2 Å². The van der Waals surface area contributed by atoms with Crippen LogP contribution in [0.25, 0.3) is 0 Å². The molecule has 0 aliphatic carbocycles. The van der Waals surface area contributed by atoms with Crippen LogP contribution in [0.5, 0.6) is 0 Å². The summed E-state index contributed by atoms with van der Waals surface area (Å²) in [6.45, 7) is 7.17. The van der Waals surface area contributed by atoms with Gasteiger partial charge in [-0.1, -0.05) is 30.1 Å². The predicted molar refractivity (Wildman–Crippen MR) is 82.3 cm³/mol. The molecule has 1 aromatic heterocycles. The summed E-state index contributed by atoms with van der Waals surface area (Å²) >= 11 is 11.8. The van der Waals surface area contributed by atoms with Gasteiger partial charge in [0.05, 0.1) is 6.61 Å². The Balaban J connectivity index is 1.88. The molecule has 1 saturated heterocycles. The van der Waals surface area contributed by atoms with Gasteiger partial charge in [-0.25, -0.2) is 4.98 Å². The van der Waals surface area contributed by atoms with E-state index in [0.717, 1.165) is 44.7 Å². The molecular weight excluding hydrogens is 297 g/mol. The van der Waals surface area contributed by atoms with Gasteiger partial charge in [-0.05, 0) is 24.1 Å². The lowest BCUT2D eigenvalue weighted by Crippen LogP contribution is -2.50. The second-order valence-electron chi connectivity index (χ2n) is 5.18. The molecule has 1 aromatic rings. The first kappa shape index (κ1) is 16.0. The van der Waals surface area contributed by atoms with Crippen LogP contribution in [0, 0.1) is 0 Å². The van der Waals surface area contributed by atoms with Gasteiger partial charge >= 0.3 is 0 Å². The molecule has 6 heteroatoms. The highest BCUT2D eigenvalue weighted by Crippen LogP contribution is 2.17. The zero-order chi connectivity index (χ0) is 14.5. The van der Waals surface area contributed by atoms with Gasteiger partial charge in [0.15, 0.2) is 0 Å². The fourth-order valence-electron chi connectivity index (χ4n) is 2.65. The summed E-state index contributed by atoms with van der Waals surface area (Å²) in [6, 6.07) is 4.02. The summed E-state index contributed by atoms with van der Waals surface area (Å²) in [5.41, 5.74) is 1.10. The monoisotopic (exact) mass is 317 g/mol. The summed E-state index contributed by atoms with van der Waals surface area (Å²) in [4.78, 5) is 8.70. The number of aromatic nitrogens is 1. The molecule has 1 aliphatic rings. The van der Waals surface area contributed by atoms with Crippen LogP contribution in [-0.2, 0) is 6.54 Å². The van der Waals surface area contributed by atoms with Crippen molar-refractivity contribution in [1.29, 1.82) is 0 Å². The van der Waals surface area contributed by atoms with E-state index in [0.29, 0.717) is 16.3 Å². The van der Waals surface area contributed by atoms with E-state index in [2.05, 4.69) is 21.7 Å². The van der Waals surface area contributed by atoms with E-state index in [1.807, 2.05) is 12.1 Å². The lowest BCUT2D eigenvalue weighted by molar-refractivity contribution is 0.0608. The Morgan fingerprint density at radius 3 is 2.30 bits per heavy atom. The second-order valence-corrected chi connectivity index (χ2v) is 5.95. The van der Waals surface area contributed by atoms with Gasteiger partial charge < -0.3 is 5.11 Å². The van der Waals surface area contributed by atoms with Crippen molar-refractivity contribution in [2.24, 2.45) is 0 Å². The Hall–Kier alpha value is -0.390. The molecule has 0 aromatic carbocycles. The molecule has 1 N–H and O–H groups in total. The molecule has 2 heterocycles. The molecule has 0 radical (unpaired) electrons. The molecule has 1 atom stereocenters. The van der Waals surface area contributed by atoms with Crippen molar-refractivity contribution < 1.29 is 5.11 Å². The van der Waals surface area contributed by atoms with Crippen LogP contribution in [0.15, 0.2) is 12.1 Å². The van der Waals surface area contributed by atoms with Gasteiger partial charge in [-0.2, -0.15) is 0 Å². The molecule has 1 unspecified atom stereocenters. The van der Waals surface area contributed by atoms with E-state index in [1.54, 1.807) is 0 Å². The van der Waals surface area contributed by atoms with Gasteiger partial charge in [-0.15, -0.1) is 0 Å². The molecule has 0 spiro atoms. The standard InChI is InChI=1S/C14H21Cl2N3O/c1-2-12(10-20)19-5-3-18(4-6-19)9-11-7-13(15)17-14(16)8-11/h7-8,12,20H,2-6,9-10H2,1H3. The fourth-order valence-corrected chi connectivity index (χ4v) is 3.16. The minimum Gasteiger partial charge on any atom is -0.395 e. The molecular formula is C14H21Cl2N3O. The highest BCUT2D eigenvalue weighted by Gasteiger charge is 2.22. The average Bonchev–Trinajstić information content (AvgIpc) is 2.41. The van der Waals surface area contributed by atoms with Crippen LogP contribution >= 0.6 is 23.2 Å². The minimum atomic E-state index is 0.242. The van der Waals surface area contributed by atoms with Crippen molar-refractivity contribution in [3.8, 4) is 0 Å². The second kappa shape index (κ2) is 7.57. The summed E-state index contributed by atoms with van der Waals surface area (Å²) in [7, 11) is 0. The van der Waals surface area contributed by atoms with Crippen LogP contribution in [0.2, 0.25) is 10.3 Å². The minimum absolute atomic E-state index is 0.242. The van der Waals surface area contributed by atoms with Gasteiger partial charge in [-0.3, -0.25) is 9.80 Å². The smallest absolute Gasteiger partial charge is 0.131 e. The number of hydrogen-bond donors (Lipinski definition) is 1. The van der Waals surface area contributed by atoms with Crippen LogP contribution in [0.4, 0.5) is 0 Å². The quantitative estimate of drug-likeness (QED) is 0.846. The Morgan fingerprint density at radius 2 is 1.80 bits per heavy atom. The number of aliphatic hydroxyl groups is 1. The Labute approximate surface area is 130 Å². The molecule has 0 bridgehead atoms. The van der Waals surface area contributed by atoms with E-state index in [9.17, 15) is 5.11 Å². The van der Waals surface area contributed by atoms with Crippen molar-refractivity contribution in [1.82, 2.24) is 14.8 Å². The zero-order valence-electron chi connectivity index (χ0n) is 11.7. The number of nitrogens with zero attached hydrogens (tertiary/aromatic N) is 3. The third-order valence-corrected chi connectivity index (χ3v) is 4.22. The lowest BCUT2D eigenvalue weighted by Gasteiger charge is -2.38.